The minimum atomic E-state index is 0.756. The molecule has 3 heteroatoms. The number of aryl methyl sites for hydroxylation is 1. The van der Waals surface area contributed by atoms with Gasteiger partial charge in [0.25, 0.3) is 0 Å². The lowest BCUT2D eigenvalue weighted by molar-refractivity contribution is 0.755. The first-order valence-electron chi connectivity index (χ1n) is 4.87. The average Bonchev–Trinajstić information content (AvgIpc) is 2.92. The first-order chi connectivity index (χ1) is 6.34. The summed E-state index contributed by atoms with van der Waals surface area (Å²) in [6.45, 7) is 3.00. The van der Waals surface area contributed by atoms with Crippen LogP contribution < -0.4 is 5.32 Å². The molecule has 1 heterocycles. The summed E-state index contributed by atoms with van der Waals surface area (Å²) in [4.78, 5) is 8.35. The highest BCUT2D eigenvalue weighted by atomic mass is 15.1. The summed E-state index contributed by atoms with van der Waals surface area (Å²) in [6.07, 6.45) is 7.77. The van der Waals surface area contributed by atoms with Gasteiger partial charge in [-0.3, -0.25) is 0 Å². The van der Waals surface area contributed by atoms with E-state index in [0.717, 1.165) is 24.0 Å². The molecule has 0 aromatic carbocycles. The first kappa shape index (κ1) is 8.48. The number of rotatable bonds is 4. The van der Waals surface area contributed by atoms with Crippen LogP contribution in [0.1, 0.15) is 24.8 Å². The van der Waals surface area contributed by atoms with Gasteiger partial charge in [-0.2, -0.15) is 0 Å². The van der Waals surface area contributed by atoms with Gasteiger partial charge in [0.2, 0.25) is 5.95 Å². The number of anilines is 1. The Morgan fingerprint density at radius 3 is 2.69 bits per heavy atom. The van der Waals surface area contributed by atoms with Crippen molar-refractivity contribution in [2.24, 2.45) is 5.92 Å². The standard InChI is InChI=1S/C10H15N3/c1-8-6-12-10(13-7-8)11-5-4-9-2-3-9/h6-7,9H,2-5H2,1H3,(H,11,12,13). The van der Waals surface area contributed by atoms with Crippen molar-refractivity contribution in [3.05, 3.63) is 18.0 Å². The maximum absolute atomic E-state index is 4.17. The molecule has 1 aliphatic carbocycles. The highest BCUT2D eigenvalue weighted by Crippen LogP contribution is 2.31. The number of hydrogen-bond donors (Lipinski definition) is 1. The summed E-state index contributed by atoms with van der Waals surface area (Å²) >= 11 is 0. The summed E-state index contributed by atoms with van der Waals surface area (Å²) in [6, 6.07) is 0. The Balaban J connectivity index is 1.76. The molecule has 3 nitrogen and oxygen atoms in total. The van der Waals surface area contributed by atoms with Crippen molar-refractivity contribution in [1.29, 1.82) is 0 Å². The van der Waals surface area contributed by atoms with Crippen molar-refractivity contribution in [3.63, 3.8) is 0 Å². The van der Waals surface area contributed by atoms with Gasteiger partial charge in [-0.25, -0.2) is 9.97 Å². The van der Waals surface area contributed by atoms with Crippen LogP contribution in [0.15, 0.2) is 12.4 Å². The maximum Gasteiger partial charge on any atom is 0.222 e. The van der Waals surface area contributed by atoms with Gasteiger partial charge in [-0.1, -0.05) is 12.8 Å². The van der Waals surface area contributed by atoms with Gasteiger partial charge in [0.15, 0.2) is 0 Å². The molecule has 0 radical (unpaired) electrons. The molecule has 0 unspecified atom stereocenters. The van der Waals surface area contributed by atoms with Crippen molar-refractivity contribution >= 4 is 5.95 Å². The van der Waals surface area contributed by atoms with Gasteiger partial charge >= 0.3 is 0 Å². The molecule has 0 amide bonds. The molecule has 0 atom stereocenters. The lowest BCUT2D eigenvalue weighted by Crippen LogP contribution is -2.05. The van der Waals surface area contributed by atoms with Gasteiger partial charge in [-0.05, 0) is 24.8 Å². The van der Waals surface area contributed by atoms with E-state index in [1.165, 1.54) is 19.3 Å². The Bertz CT molecular complexity index is 264. The Labute approximate surface area is 78.6 Å². The van der Waals surface area contributed by atoms with Crippen LogP contribution in [0.2, 0.25) is 0 Å². The zero-order chi connectivity index (χ0) is 9.10. The second kappa shape index (κ2) is 3.73. The Morgan fingerprint density at radius 1 is 1.38 bits per heavy atom. The van der Waals surface area contributed by atoms with Crippen molar-refractivity contribution in [2.75, 3.05) is 11.9 Å². The lowest BCUT2D eigenvalue weighted by Gasteiger charge is -2.02. The van der Waals surface area contributed by atoms with Gasteiger partial charge in [0.1, 0.15) is 0 Å². The molecule has 0 aliphatic heterocycles. The third-order valence-electron chi connectivity index (χ3n) is 2.31. The molecule has 0 bridgehead atoms. The number of hydrogen-bond acceptors (Lipinski definition) is 3. The molecule has 2 rings (SSSR count). The van der Waals surface area contributed by atoms with E-state index in [4.69, 9.17) is 0 Å². The van der Waals surface area contributed by atoms with E-state index >= 15 is 0 Å². The van der Waals surface area contributed by atoms with E-state index in [1.807, 2.05) is 19.3 Å². The first-order valence-corrected chi connectivity index (χ1v) is 4.87. The molecule has 1 fully saturated rings. The Morgan fingerprint density at radius 2 is 2.08 bits per heavy atom. The molecule has 0 saturated heterocycles. The second-order valence-electron chi connectivity index (χ2n) is 3.74. The molecule has 1 N–H and O–H groups in total. The van der Waals surface area contributed by atoms with Gasteiger partial charge < -0.3 is 5.32 Å². The lowest BCUT2D eigenvalue weighted by atomic mass is 10.3. The van der Waals surface area contributed by atoms with E-state index in [-0.39, 0.29) is 0 Å². The minimum Gasteiger partial charge on any atom is -0.354 e. The molecule has 1 aromatic rings. The smallest absolute Gasteiger partial charge is 0.222 e. The van der Waals surface area contributed by atoms with Crippen LogP contribution in [0, 0.1) is 12.8 Å². The van der Waals surface area contributed by atoms with Crippen LogP contribution in [0.3, 0.4) is 0 Å². The van der Waals surface area contributed by atoms with Crippen molar-refractivity contribution in [3.8, 4) is 0 Å². The third kappa shape index (κ3) is 2.68. The van der Waals surface area contributed by atoms with E-state index in [9.17, 15) is 0 Å². The number of nitrogens with zero attached hydrogens (tertiary/aromatic N) is 2. The minimum absolute atomic E-state index is 0.756. The second-order valence-corrected chi connectivity index (χ2v) is 3.74. The van der Waals surface area contributed by atoms with Crippen molar-refractivity contribution in [1.82, 2.24) is 9.97 Å². The van der Waals surface area contributed by atoms with E-state index in [2.05, 4.69) is 15.3 Å². The zero-order valence-electron chi connectivity index (χ0n) is 7.95. The van der Waals surface area contributed by atoms with Crippen molar-refractivity contribution < 1.29 is 0 Å². The largest absolute Gasteiger partial charge is 0.354 e. The average molecular weight is 177 g/mol. The summed E-state index contributed by atoms with van der Waals surface area (Å²) < 4.78 is 0. The predicted octanol–water partition coefficient (Wildman–Crippen LogP) is 2.00. The Kier molecular flexibility index (Phi) is 2.43. The Hall–Kier alpha value is -1.12. The molecule has 70 valence electrons. The molecular formula is C10H15N3. The van der Waals surface area contributed by atoms with Crippen LogP contribution in [0.25, 0.3) is 0 Å². The van der Waals surface area contributed by atoms with E-state index in [1.54, 1.807) is 0 Å². The monoisotopic (exact) mass is 177 g/mol. The SMILES string of the molecule is Cc1cnc(NCCC2CC2)nc1. The summed E-state index contributed by atoms with van der Waals surface area (Å²) in [5, 5.41) is 3.22. The van der Waals surface area contributed by atoms with Gasteiger partial charge in [0.05, 0.1) is 0 Å². The molecule has 13 heavy (non-hydrogen) atoms. The topological polar surface area (TPSA) is 37.8 Å². The fourth-order valence-corrected chi connectivity index (χ4v) is 1.28. The zero-order valence-corrected chi connectivity index (χ0v) is 7.95. The number of aromatic nitrogens is 2. The van der Waals surface area contributed by atoms with Crippen LogP contribution in [0.5, 0.6) is 0 Å². The van der Waals surface area contributed by atoms with Crippen molar-refractivity contribution in [2.45, 2.75) is 26.2 Å². The molecule has 0 spiro atoms. The summed E-state index contributed by atoms with van der Waals surface area (Å²) in [5.74, 6) is 1.73. The quantitative estimate of drug-likeness (QED) is 0.764. The third-order valence-corrected chi connectivity index (χ3v) is 2.31. The molecular weight excluding hydrogens is 162 g/mol. The van der Waals surface area contributed by atoms with E-state index < -0.39 is 0 Å². The van der Waals surface area contributed by atoms with Crippen LogP contribution in [-0.4, -0.2) is 16.5 Å². The van der Waals surface area contributed by atoms with Gasteiger partial charge in [0, 0.05) is 18.9 Å². The van der Waals surface area contributed by atoms with Gasteiger partial charge in [-0.15, -0.1) is 0 Å². The maximum atomic E-state index is 4.17. The van der Waals surface area contributed by atoms with Crippen LogP contribution in [0.4, 0.5) is 5.95 Å². The molecule has 1 aromatic heterocycles. The molecule has 1 saturated carbocycles. The van der Waals surface area contributed by atoms with Crippen LogP contribution >= 0.6 is 0 Å². The summed E-state index contributed by atoms with van der Waals surface area (Å²) in [7, 11) is 0. The van der Waals surface area contributed by atoms with Crippen LogP contribution in [-0.2, 0) is 0 Å². The number of nitrogens with one attached hydrogen (secondary N) is 1. The fraction of sp³-hybridized carbons (Fsp3) is 0.600. The predicted molar refractivity (Wildman–Crippen MR) is 52.6 cm³/mol. The molecule has 1 aliphatic rings. The van der Waals surface area contributed by atoms with E-state index in [0.29, 0.717) is 0 Å². The summed E-state index contributed by atoms with van der Waals surface area (Å²) in [5.41, 5.74) is 1.10. The fourth-order valence-electron chi connectivity index (χ4n) is 1.28. The highest BCUT2D eigenvalue weighted by Gasteiger charge is 2.20. The highest BCUT2D eigenvalue weighted by molar-refractivity contribution is 5.23. The normalized spacial score (nSPS) is 15.8.